The van der Waals surface area contributed by atoms with Gasteiger partial charge in [-0.05, 0) is 64.8 Å². The molecule has 0 spiro atoms. The van der Waals surface area contributed by atoms with Gasteiger partial charge in [0.2, 0.25) is 0 Å². The van der Waals surface area contributed by atoms with Crippen LogP contribution >= 0.6 is 24.8 Å². The van der Waals surface area contributed by atoms with Gasteiger partial charge < -0.3 is 9.80 Å². The Kier molecular flexibility index (Phi) is 12.3. The van der Waals surface area contributed by atoms with Crippen molar-refractivity contribution in [1.29, 1.82) is 0 Å². The molecule has 1 rings (SSSR count). The Balaban J connectivity index is 0. The highest BCUT2D eigenvalue weighted by Crippen LogP contribution is 2.12. The molecule has 0 unspecified atom stereocenters. The van der Waals surface area contributed by atoms with Gasteiger partial charge in [0.15, 0.2) is 5.78 Å². The van der Waals surface area contributed by atoms with E-state index in [1.54, 1.807) is 6.08 Å². The van der Waals surface area contributed by atoms with Gasteiger partial charge in [0.05, 0.1) is 0 Å². The lowest BCUT2D eigenvalue weighted by Gasteiger charge is -2.22. The van der Waals surface area contributed by atoms with Crippen molar-refractivity contribution < 1.29 is 4.79 Å². The molecule has 1 aromatic rings. The number of carbonyl (C=O) groups excluding carboxylic acids is 1. The first-order valence-corrected chi connectivity index (χ1v) is 7.38. The average Bonchev–Trinajstić information content (AvgIpc) is 2.38. The zero-order chi connectivity index (χ0) is 16.0. The van der Waals surface area contributed by atoms with Crippen LogP contribution in [0.2, 0.25) is 0 Å². The molecule has 5 heteroatoms. The van der Waals surface area contributed by atoms with Crippen molar-refractivity contribution >= 4 is 36.7 Å². The molecule has 0 aromatic heterocycles. The molecule has 0 aliphatic heterocycles. The smallest absolute Gasteiger partial charge is 0.161 e. The van der Waals surface area contributed by atoms with Crippen LogP contribution in [-0.4, -0.2) is 56.9 Å². The third kappa shape index (κ3) is 9.11. The van der Waals surface area contributed by atoms with Crippen LogP contribution in [0.4, 0.5) is 0 Å². The normalized spacial score (nSPS) is 11.0. The third-order valence-corrected chi connectivity index (χ3v) is 3.54. The van der Waals surface area contributed by atoms with Crippen molar-refractivity contribution in [3.05, 3.63) is 41.0 Å². The number of carbonyl (C=O) groups is 1. The Labute approximate surface area is 153 Å². The zero-order valence-corrected chi connectivity index (χ0v) is 16.6. The number of aryl methyl sites for hydroxylation is 2. The van der Waals surface area contributed by atoms with Crippen molar-refractivity contribution in [1.82, 2.24) is 9.80 Å². The molecule has 132 valence electrons. The van der Waals surface area contributed by atoms with Crippen molar-refractivity contribution in [2.24, 2.45) is 5.92 Å². The molecule has 0 saturated heterocycles. The number of hydrogen-bond acceptors (Lipinski definition) is 3. The fourth-order valence-electron chi connectivity index (χ4n) is 2.30. The first kappa shape index (κ1) is 24.4. The third-order valence-electron chi connectivity index (χ3n) is 3.54. The highest BCUT2D eigenvalue weighted by molar-refractivity contribution is 5.95. The summed E-state index contributed by atoms with van der Waals surface area (Å²) in [6, 6.07) is 6.27. The molecule has 0 N–H and O–H groups in total. The van der Waals surface area contributed by atoms with Crippen LogP contribution in [0.15, 0.2) is 24.3 Å². The molecule has 0 aliphatic carbocycles. The van der Waals surface area contributed by atoms with E-state index < -0.39 is 0 Å². The molecule has 0 heterocycles. The highest BCUT2D eigenvalue weighted by Gasteiger charge is 2.17. The predicted molar refractivity (Wildman–Crippen MR) is 105 cm³/mol. The quantitative estimate of drug-likeness (QED) is 0.695. The second-order valence-corrected chi connectivity index (χ2v) is 6.30. The highest BCUT2D eigenvalue weighted by atomic mass is 35.5. The van der Waals surface area contributed by atoms with E-state index in [4.69, 9.17) is 0 Å². The van der Waals surface area contributed by atoms with Crippen LogP contribution in [-0.2, 0) is 4.79 Å². The summed E-state index contributed by atoms with van der Waals surface area (Å²) in [7, 11) is 8.01. The van der Waals surface area contributed by atoms with E-state index >= 15 is 0 Å². The molecule has 0 saturated carbocycles. The summed E-state index contributed by atoms with van der Waals surface area (Å²) in [5, 5.41) is 0. The van der Waals surface area contributed by atoms with E-state index in [2.05, 4.69) is 41.8 Å². The molecule has 1 aromatic carbocycles. The second-order valence-electron chi connectivity index (χ2n) is 6.30. The number of halogens is 2. The molecule has 0 amide bonds. The topological polar surface area (TPSA) is 23.6 Å². The molecule has 23 heavy (non-hydrogen) atoms. The lowest BCUT2D eigenvalue weighted by molar-refractivity contribution is -0.119. The summed E-state index contributed by atoms with van der Waals surface area (Å²) in [6.45, 7) is 5.73. The summed E-state index contributed by atoms with van der Waals surface area (Å²) in [6.07, 6.45) is 3.65. The van der Waals surface area contributed by atoms with E-state index in [-0.39, 0.29) is 36.5 Å². The van der Waals surface area contributed by atoms with E-state index in [0.717, 1.165) is 18.7 Å². The number of hydrogen-bond donors (Lipinski definition) is 0. The Bertz CT molecular complexity index is 504. The minimum Gasteiger partial charge on any atom is -0.309 e. The largest absolute Gasteiger partial charge is 0.309 e. The maximum Gasteiger partial charge on any atom is 0.161 e. The van der Waals surface area contributed by atoms with E-state index in [0.29, 0.717) is 0 Å². The first-order chi connectivity index (χ1) is 9.79. The van der Waals surface area contributed by atoms with Gasteiger partial charge in [-0.2, -0.15) is 0 Å². The molecule has 3 nitrogen and oxygen atoms in total. The standard InChI is InChI=1S/C18H28N2O.2ClH/c1-14-7-8-16(11-15(14)2)9-10-18(21)17(12-19(3)4)13-20(5)6;;/h7-11,17H,12-13H2,1-6H3;2*1H/b10-9+;;. The summed E-state index contributed by atoms with van der Waals surface area (Å²) in [5.74, 6) is 0.202. The van der Waals surface area contributed by atoms with Crippen LogP contribution < -0.4 is 0 Å². The van der Waals surface area contributed by atoms with Crippen molar-refractivity contribution in [3.63, 3.8) is 0 Å². The lowest BCUT2D eigenvalue weighted by atomic mass is 10.0. The Morgan fingerprint density at radius 2 is 1.52 bits per heavy atom. The van der Waals surface area contributed by atoms with Crippen LogP contribution in [0.5, 0.6) is 0 Å². The van der Waals surface area contributed by atoms with Gasteiger partial charge >= 0.3 is 0 Å². The number of allylic oxidation sites excluding steroid dienone is 1. The van der Waals surface area contributed by atoms with Crippen molar-refractivity contribution in [2.75, 3.05) is 41.3 Å². The van der Waals surface area contributed by atoms with Gasteiger partial charge in [0, 0.05) is 19.0 Å². The molecule has 0 fully saturated rings. The monoisotopic (exact) mass is 360 g/mol. The summed E-state index contributed by atoms with van der Waals surface area (Å²) in [4.78, 5) is 16.5. The minimum atomic E-state index is 0. The SMILES string of the molecule is Cc1ccc(/C=C/C(=O)C(CN(C)C)CN(C)C)cc1C.Cl.Cl. The molecule has 0 atom stereocenters. The van der Waals surface area contributed by atoms with Crippen LogP contribution in [0.1, 0.15) is 16.7 Å². The number of rotatable bonds is 7. The van der Waals surface area contributed by atoms with Crippen LogP contribution in [0, 0.1) is 19.8 Å². The maximum atomic E-state index is 12.4. The molecule has 0 aliphatic rings. The number of benzene rings is 1. The average molecular weight is 361 g/mol. The van der Waals surface area contributed by atoms with Gasteiger partial charge in [-0.3, -0.25) is 4.79 Å². The van der Waals surface area contributed by atoms with Crippen LogP contribution in [0.25, 0.3) is 6.08 Å². The first-order valence-electron chi connectivity index (χ1n) is 7.38. The van der Waals surface area contributed by atoms with Gasteiger partial charge in [-0.1, -0.05) is 24.3 Å². The lowest BCUT2D eigenvalue weighted by Crippen LogP contribution is -2.34. The fraction of sp³-hybridized carbons (Fsp3) is 0.500. The molecular formula is C18H30Cl2N2O. The van der Waals surface area contributed by atoms with Gasteiger partial charge in [-0.25, -0.2) is 0 Å². The number of nitrogens with zero attached hydrogens (tertiary/aromatic N) is 2. The van der Waals surface area contributed by atoms with E-state index in [9.17, 15) is 4.79 Å². The summed E-state index contributed by atoms with van der Waals surface area (Å²) >= 11 is 0. The van der Waals surface area contributed by atoms with E-state index in [1.165, 1.54) is 11.1 Å². The second kappa shape index (κ2) is 11.6. The van der Waals surface area contributed by atoms with E-state index in [1.807, 2.05) is 34.3 Å². The minimum absolute atomic E-state index is 0. The Morgan fingerprint density at radius 1 is 1.00 bits per heavy atom. The predicted octanol–water partition coefficient (Wildman–Crippen LogP) is 3.47. The molecule has 0 bridgehead atoms. The van der Waals surface area contributed by atoms with Gasteiger partial charge in [-0.15, -0.1) is 24.8 Å². The van der Waals surface area contributed by atoms with Crippen LogP contribution in [0.3, 0.4) is 0 Å². The number of ketones is 1. The Morgan fingerprint density at radius 3 is 1.96 bits per heavy atom. The van der Waals surface area contributed by atoms with Gasteiger partial charge in [0.25, 0.3) is 0 Å². The summed E-state index contributed by atoms with van der Waals surface area (Å²) in [5.41, 5.74) is 3.61. The fourth-order valence-corrected chi connectivity index (χ4v) is 2.30. The zero-order valence-electron chi connectivity index (χ0n) is 15.0. The maximum absolute atomic E-state index is 12.4. The molecule has 0 radical (unpaired) electrons. The van der Waals surface area contributed by atoms with Crippen molar-refractivity contribution in [3.8, 4) is 0 Å². The summed E-state index contributed by atoms with van der Waals surface area (Å²) < 4.78 is 0. The Hall–Kier alpha value is -0.870. The molecular weight excluding hydrogens is 331 g/mol. The van der Waals surface area contributed by atoms with Crippen molar-refractivity contribution in [2.45, 2.75) is 13.8 Å². The van der Waals surface area contributed by atoms with Gasteiger partial charge in [0.1, 0.15) is 0 Å².